The Morgan fingerprint density at radius 2 is 1.64 bits per heavy atom. The van der Waals surface area contributed by atoms with Crippen molar-refractivity contribution >= 4 is 11.9 Å². The van der Waals surface area contributed by atoms with Gasteiger partial charge in [0.25, 0.3) is 0 Å². The third-order valence-corrected chi connectivity index (χ3v) is 4.34. The van der Waals surface area contributed by atoms with Crippen molar-refractivity contribution in [2.75, 3.05) is 6.61 Å². The molecule has 0 amide bonds. The maximum absolute atomic E-state index is 11.8. The van der Waals surface area contributed by atoms with Crippen molar-refractivity contribution in [2.45, 2.75) is 90.6 Å². The SMILES string of the molecule is CCCCCOC(=O)CCCCC(=O)OC1CCCCC1C. The summed E-state index contributed by atoms with van der Waals surface area (Å²) < 4.78 is 10.7. The van der Waals surface area contributed by atoms with Crippen LogP contribution in [0.2, 0.25) is 0 Å². The van der Waals surface area contributed by atoms with E-state index in [1.165, 1.54) is 6.42 Å². The molecule has 0 saturated heterocycles. The zero-order valence-corrected chi connectivity index (χ0v) is 14.3. The molecular weight excluding hydrogens is 280 g/mol. The van der Waals surface area contributed by atoms with Crippen molar-refractivity contribution in [1.29, 1.82) is 0 Å². The summed E-state index contributed by atoms with van der Waals surface area (Å²) in [6.07, 6.45) is 10.0. The summed E-state index contributed by atoms with van der Waals surface area (Å²) in [6.45, 7) is 4.80. The van der Waals surface area contributed by atoms with Crippen LogP contribution in [0.5, 0.6) is 0 Å². The molecule has 0 aromatic heterocycles. The quantitative estimate of drug-likeness (QED) is 0.443. The molecule has 4 nitrogen and oxygen atoms in total. The fourth-order valence-electron chi connectivity index (χ4n) is 2.83. The number of rotatable bonds is 10. The van der Waals surface area contributed by atoms with Gasteiger partial charge >= 0.3 is 11.9 Å². The fourth-order valence-corrected chi connectivity index (χ4v) is 2.83. The van der Waals surface area contributed by atoms with Gasteiger partial charge in [-0.15, -0.1) is 0 Å². The van der Waals surface area contributed by atoms with Gasteiger partial charge in [-0.2, -0.15) is 0 Å². The minimum Gasteiger partial charge on any atom is -0.466 e. The van der Waals surface area contributed by atoms with Crippen LogP contribution in [0.4, 0.5) is 0 Å². The lowest BCUT2D eigenvalue weighted by Gasteiger charge is -2.28. The van der Waals surface area contributed by atoms with Crippen LogP contribution in [-0.4, -0.2) is 24.6 Å². The average molecular weight is 312 g/mol. The molecule has 1 saturated carbocycles. The third-order valence-electron chi connectivity index (χ3n) is 4.34. The van der Waals surface area contributed by atoms with E-state index in [0.717, 1.165) is 38.5 Å². The van der Waals surface area contributed by atoms with E-state index in [1.807, 2.05) is 0 Å². The van der Waals surface area contributed by atoms with E-state index in [2.05, 4.69) is 13.8 Å². The molecule has 0 aromatic rings. The highest BCUT2D eigenvalue weighted by Gasteiger charge is 2.24. The van der Waals surface area contributed by atoms with Crippen LogP contribution in [0.3, 0.4) is 0 Å². The van der Waals surface area contributed by atoms with E-state index in [4.69, 9.17) is 9.47 Å². The minimum atomic E-state index is -0.148. The van der Waals surface area contributed by atoms with Crippen LogP contribution in [0.15, 0.2) is 0 Å². The van der Waals surface area contributed by atoms with Crippen molar-refractivity contribution < 1.29 is 19.1 Å². The van der Waals surface area contributed by atoms with E-state index < -0.39 is 0 Å². The van der Waals surface area contributed by atoms with Crippen LogP contribution in [0.1, 0.15) is 84.5 Å². The molecule has 1 aliphatic carbocycles. The molecular formula is C18H32O4. The maximum Gasteiger partial charge on any atom is 0.306 e. The van der Waals surface area contributed by atoms with Gasteiger partial charge in [-0.25, -0.2) is 0 Å². The molecule has 0 radical (unpaired) electrons. The molecule has 0 aliphatic heterocycles. The summed E-state index contributed by atoms with van der Waals surface area (Å²) in [5.74, 6) is 0.219. The van der Waals surface area contributed by atoms with Crippen LogP contribution in [0.25, 0.3) is 0 Å². The Kier molecular flexibility index (Phi) is 9.93. The van der Waals surface area contributed by atoms with Crippen molar-refractivity contribution in [3.8, 4) is 0 Å². The van der Waals surface area contributed by atoms with Crippen molar-refractivity contribution in [3.63, 3.8) is 0 Å². The molecule has 1 fully saturated rings. The predicted molar refractivity (Wildman–Crippen MR) is 86.5 cm³/mol. The number of carbonyl (C=O) groups excluding carboxylic acids is 2. The van der Waals surface area contributed by atoms with Crippen molar-refractivity contribution in [3.05, 3.63) is 0 Å². The molecule has 2 atom stereocenters. The Hall–Kier alpha value is -1.06. The van der Waals surface area contributed by atoms with Gasteiger partial charge in [0, 0.05) is 12.8 Å². The normalized spacial score (nSPS) is 21.4. The molecule has 0 N–H and O–H groups in total. The number of ether oxygens (including phenoxy) is 2. The number of carbonyl (C=O) groups is 2. The second kappa shape index (κ2) is 11.5. The van der Waals surface area contributed by atoms with E-state index in [-0.39, 0.29) is 18.0 Å². The first kappa shape index (κ1) is 19.0. The van der Waals surface area contributed by atoms with E-state index >= 15 is 0 Å². The summed E-state index contributed by atoms with van der Waals surface area (Å²) in [5.41, 5.74) is 0. The molecule has 0 aromatic carbocycles. The average Bonchev–Trinajstić information content (AvgIpc) is 2.50. The monoisotopic (exact) mass is 312 g/mol. The van der Waals surface area contributed by atoms with Gasteiger partial charge in [0.05, 0.1) is 6.61 Å². The Morgan fingerprint density at radius 1 is 0.955 bits per heavy atom. The molecule has 2 unspecified atom stereocenters. The van der Waals surface area contributed by atoms with Crippen LogP contribution < -0.4 is 0 Å². The first-order chi connectivity index (χ1) is 10.6. The second-order valence-electron chi connectivity index (χ2n) is 6.42. The maximum atomic E-state index is 11.8. The summed E-state index contributed by atoms with van der Waals surface area (Å²) in [7, 11) is 0. The molecule has 1 rings (SSSR count). The molecule has 0 bridgehead atoms. The zero-order valence-electron chi connectivity index (χ0n) is 14.3. The van der Waals surface area contributed by atoms with E-state index in [1.54, 1.807) is 0 Å². The Bertz CT molecular complexity index is 327. The van der Waals surface area contributed by atoms with Crippen LogP contribution in [0, 0.1) is 5.92 Å². The minimum absolute atomic E-state index is 0.102. The molecule has 1 aliphatic rings. The van der Waals surface area contributed by atoms with E-state index in [9.17, 15) is 9.59 Å². The van der Waals surface area contributed by atoms with E-state index in [0.29, 0.717) is 38.2 Å². The molecule has 4 heteroatoms. The predicted octanol–water partition coefficient (Wildman–Crippen LogP) is 4.40. The summed E-state index contributed by atoms with van der Waals surface area (Å²) >= 11 is 0. The lowest BCUT2D eigenvalue weighted by Crippen LogP contribution is -2.28. The first-order valence-electron chi connectivity index (χ1n) is 8.98. The van der Waals surface area contributed by atoms with Crippen molar-refractivity contribution in [1.82, 2.24) is 0 Å². The Balaban J connectivity index is 2.01. The summed E-state index contributed by atoms with van der Waals surface area (Å²) in [4.78, 5) is 23.3. The molecule has 128 valence electrons. The Labute approximate surface area is 134 Å². The van der Waals surface area contributed by atoms with Gasteiger partial charge in [-0.1, -0.05) is 33.1 Å². The molecule has 0 spiro atoms. The molecule has 0 heterocycles. The second-order valence-corrected chi connectivity index (χ2v) is 6.42. The largest absolute Gasteiger partial charge is 0.466 e. The van der Waals surface area contributed by atoms with Gasteiger partial charge < -0.3 is 9.47 Å². The van der Waals surface area contributed by atoms with Crippen LogP contribution >= 0.6 is 0 Å². The number of hydrogen-bond donors (Lipinski definition) is 0. The number of hydrogen-bond acceptors (Lipinski definition) is 4. The lowest BCUT2D eigenvalue weighted by molar-refractivity contribution is -0.153. The number of esters is 2. The standard InChI is InChI=1S/C18H32O4/c1-3-4-9-14-21-17(19)12-7-8-13-18(20)22-16-11-6-5-10-15(16)2/h15-16H,3-14H2,1-2H3. The first-order valence-corrected chi connectivity index (χ1v) is 8.98. The summed E-state index contributed by atoms with van der Waals surface area (Å²) in [5, 5.41) is 0. The topological polar surface area (TPSA) is 52.6 Å². The van der Waals surface area contributed by atoms with Gasteiger partial charge in [0.15, 0.2) is 0 Å². The highest BCUT2D eigenvalue weighted by Crippen LogP contribution is 2.26. The third kappa shape index (κ3) is 8.40. The van der Waals surface area contributed by atoms with Gasteiger partial charge in [-0.05, 0) is 44.4 Å². The zero-order chi connectivity index (χ0) is 16.2. The van der Waals surface area contributed by atoms with Gasteiger partial charge in [0.2, 0.25) is 0 Å². The van der Waals surface area contributed by atoms with Gasteiger partial charge in [-0.3, -0.25) is 9.59 Å². The summed E-state index contributed by atoms with van der Waals surface area (Å²) in [6, 6.07) is 0. The van der Waals surface area contributed by atoms with Gasteiger partial charge in [0.1, 0.15) is 6.10 Å². The molecule has 22 heavy (non-hydrogen) atoms. The fraction of sp³-hybridized carbons (Fsp3) is 0.889. The lowest BCUT2D eigenvalue weighted by atomic mass is 9.88. The number of unbranched alkanes of at least 4 members (excludes halogenated alkanes) is 3. The Morgan fingerprint density at radius 3 is 2.32 bits per heavy atom. The highest BCUT2D eigenvalue weighted by atomic mass is 16.5. The van der Waals surface area contributed by atoms with Crippen molar-refractivity contribution in [2.24, 2.45) is 5.92 Å². The smallest absolute Gasteiger partial charge is 0.306 e. The highest BCUT2D eigenvalue weighted by molar-refractivity contribution is 5.70. The van der Waals surface area contributed by atoms with Crippen LogP contribution in [-0.2, 0) is 19.1 Å².